The Kier molecular flexibility index (Phi) is 8.96. The molecule has 0 radical (unpaired) electrons. The number of rotatable bonds is 6. The van der Waals surface area contributed by atoms with Gasteiger partial charge >= 0.3 is 18.1 Å². The van der Waals surface area contributed by atoms with Crippen LogP contribution in [0.2, 0.25) is 0 Å². The van der Waals surface area contributed by atoms with Crippen LogP contribution >= 0.6 is 15.9 Å². The molecule has 15 heteroatoms. The highest BCUT2D eigenvalue weighted by molar-refractivity contribution is 9.10. The Morgan fingerprint density at radius 1 is 0.932 bits per heavy atom. The SMILES string of the molecule is COC(=O)C1=C(C(=O)OC)N(c2cc(Br)cc(F)c2Oc2c(F)cc(C(F)(F)F)cc2F)C(N)=C(C#N)C1c1ccccc1. The van der Waals surface area contributed by atoms with Crippen molar-refractivity contribution in [3.05, 3.63) is 110 Å². The third-order valence-electron chi connectivity index (χ3n) is 6.37. The Labute approximate surface area is 253 Å². The summed E-state index contributed by atoms with van der Waals surface area (Å²) in [6.45, 7) is 0. The fraction of sp³-hybridized carbons (Fsp3) is 0.138. The van der Waals surface area contributed by atoms with Gasteiger partial charge in [-0.2, -0.15) is 18.4 Å². The predicted octanol–water partition coefficient (Wildman–Crippen LogP) is 6.58. The van der Waals surface area contributed by atoms with Gasteiger partial charge < -0.3 is 19.9 Å². The minimum Gasteiger partial charge on any atom is -0.466 e. The fourth-order valence-corrected chi connectivity index (χ4v) is 4.92. The van der Waals surface area contributed by atoms with E-state index in [9.17, 15) is 36.8 Å². The molecular weight excluding hydrogens is 664 g/mol. The Hall–Kier alpha value is -4.97. The van der Waals surface area contributed by atoms with Crippen molar-refractivity contribution in [2.24, 2.45) is 5.73 Å². The second-order valence-corrected chi connectivity index (χ2v) is 9.86. The maximum Gasteiger partial charge on any atom is 0.416 e. The van der Waals surface area contributed by atoms with E-state index >= 15 is 4.39 Å². The standard InChI is InChI=1S/C29H18BrF6N3O5/c1-42-27(40)22-21(13-6-4-3-5-7-13)16(12-37)26(38)39(23(22)28(41)43-2)20-11-15(30)10-19(33)25(20)44-24-17(31)8-14(9-18(24)32)29(34,35)36/h3-11,21H,38H2,1-2H3. The van der Waals surface area contributed by atoms with E-state index in [1.807, 2.05) is 6.07 Å². The van der Waals surface area contributed by atoms with Gasteiger partial charge in [0.1, 0.15) is 11.5 Å². The van der Waals surface area contributed by atoms with Gasteiger partial charge in [-0.05, 0) is 29.8 Å². The Morgan fingerprint density at radius 3 is 2.02 bits per heavy atom. The first-order valence-corrected chi connectivity index (χ1v) is 12.9. The molecule has 2 N–H and O–H groups in total. The molecule has 1 aliphatic rings. The van der Waals surface area contributed by atoms with Gasteiger partial charge in [-0.3, -0.25) is 4.90 Å². The smallest absolute Gasteiger partial charge is 0.416 e. The van der Waals surface area contributed by atoms with E-state index in [-0.39, 0.29) is 22.2 Å². The van der Waals surface area contributed by atoms with Gasteiger partial charge in [0.25, 0.3) is 0 Å². The minimum absolute atomic E-state index is 0.0500. The number of allylic oxidation sites excluding steroid dienone is 1. The number of nitriles is 1. The van der Waals surface area contributed by atoms with Crippen LogP contribution in [0.1, 0.15) is 17.0 Å². The lowest BCUT2D eigenvalue weighted by Crippen LogP contribution is -2.41. The molecule has 0 spiro atoms. The first-order valence-electron chi connectivity index (χ1n) is 12.1. The maximum absolute atomic E-state index is 15.5. The van der Waals surface area contributed by atoms with Crippen molar-refractivity contribution in [1.29, 1.82) is 5.26 Å². The summed E-state index contributed by atoms with van der Waals surface area (Å²) in [6, 6.07) is 11.5. The summed E-state index contributed by atoms with van der Waals surface area (Å²) >= 11 is 3.05. The molecular formula is C29H18BrF6N3O5. The topological polar surface area (TPSA) is 115 Å². The van der Waals surface area contributed by atoms with Crippen molar-refractivity contribution in [3.63, 3.8) is 0 Å². The molecule has 4 rings (SSSR count). The Morgan fingerprint density at radius 2 is 1.50 bits per heavy atom. The van der Waals surface area contributed by atoms with Crippen LogP contribution in [0.3, 0.4) is 0 Å². The third kappa shape index (κ3) is 5.80. The zero-order chi connectivity index (χ0) is 32.5. The molecule has 1 heterocycles. The van der Waals surface area contributed by atoms with Crippen LogP contribution in [0.25, 0.3) is 0 Å². The molecule has 1 unspecified atom stereocenters. The van der Waals surface area contributed by atoms with Gasteiger partial charge in [0.2, 0.25) is 0 Å². The number of anilines is 1. The number of benzene rings is 3. The average Bonchev–Trinajstić information content (AvgIpc) is 2.98. The molecule has 3 aromatic carbocycles. The van der Waals surface area contributed by atoms with E-state index in [1.165, 1.54) is 12.1 Å². The van der Waals surface area contributed by atoms with Crippen LogP contribution in [-0.4, -0.2) is 26.2 Å². The molecule has 0 aromatic heterocycles. The normalized spacial score (nSPS) is 15.2. The molecule has 1 atom stereocenters. The zero-order valence-electron chi connectivity index (χ0n) is 22.4. The van der Waals surface area contributed by atoms with Gasteiger partial charge in [0, 0.05) is 4.47 Å². The Bertz CT molecular complexity index is 1750. The second-order valence-electron chi connectivity index (χ2n) is 8.94. The average molecular weight is 682 g/mol. The van der Waals surface area contributed by atoms with Gasteiger partial charge in [-0.25, -0.2) is 22.8 Å². The summed E-state index contributed by atoms with van der Waals surface area (Å²) in [6.07, 6.45) is -5.12. The first-order chi connectivity index (χ1) is 20.7. The van der Waals surface area contributed by atoms with Crippen molar-refractivity contribution >= 4 is 33.6 Å². The molecule has 0 fully saturated rings. The van der Waals surface area contributed by atoms with Crippen LogP contribution in [0.4, 0.5) is 32.0 Å². The first kappa shape index (κ1) is 32.0. The molecule has 3 aromatic rings. The van der Waals surface area contributed by atoms with Crippen LogP contribution < -0.4 is 15.4 Å². The second kappa shape index (κ2) is 12.3. The summed E-state index contributed by atoms with van der Waals surface area (Å²) < 4.78 is 99.3. The van der Waals surface area contributed by atoms with E-state index < -0.39 is 81.3 Å². The summed E-state index contributed by atoms with van der Waals surface area (Å²) in [7, 11) is 1.94. The summed E-state index contributed by atoms with van der Waals surface area (Å²) in [5, 5.41) is 10.2. The number of nitrogens with two attached hydrogens (primary N) is 1. The van der Waals surface area contributed by atoms with Gasteiger partial charge in [-0.1, -0.05) is 46.3 Å². The van der Waals surface area contributed by atoms with E-state index in [0.29, 0.717) is 10.5 Å². The highest BCUT2D eigenvalue weighted by Crippen LogP contribution is 2.48. The van der Waals surface area contributed by atoms with Crippen molar-refractivity contribution in [3.8, 4) is 17.6 Å². The number of methoxy groups -OCH3 is 2. The lowest BCUT2D eigenvalue weighted by molar-refractivity contribution is -0.139. The number of carbonyl (C=O) groups is 2. The summed E-state index contributed by atoms with van der Waals surface area (Å²) in [5.41, 5.74) is 2.94. The fourth-order valence-electron chi connectivity index (χ4n) is 4.50. The van der Waals surface area contributed by atoms with Crippen LogP contribution in [0.15, 0.2) is 81.7 Å². The highest BCUT2D eigenvalue weighted by Gasteiger charge is 2.44. The molecule has 0 bridgehead atoms. The maximum atomic E-state index is 15.5. The van der Waals surface area contributed by atoms with Crippen molar-refractivity contribution in [1.82, 2.24) is 0 Å². The van der Waals surface area contributed by atoms with Gasteiger partial charge in [0.15, 0.2) is 29.0 Å². The number of nitrogens with zero attached hydrogens (tertiary/aromatic N) is 2. The largest absolute Gasteiger partial charge is 0.466 e. The molecule has 228 valence electrons. The number of hydrogen-bond donors (Lipinski definition) is 1. The number of alkyl halides is 3. The predicted molar refractivity (Wildman–Crippen MR) is 145 cm³/mol. The molecule has 0 saturated heterocycles. The van der Waals surface area contributed by atoms with Crippen LogP contribution in [-0.2, 0) is 25.2 Å². The quantitative estimate of drug-likeness (QED) is 0.229. The number of esters is 2. The van der Waals surface area contributed by atoms with E-state index in [1.54, 1.807) is 18.2 Å². The number of halogens is 7. The van der Waals surface area contributed by atoms with Crippen LogP contribution in [0.5, 0.6) is 11.5 Å². The van der Waals surface area contributed by atoms with Crippen molar-refractivity contribution < 1.29 is 50.1 Å². The van der Waals surface area contributed by atoms with E-state index in [2.05, 4.69) is 15.9 Å². The van der Waals surface area contributed by atoms with E-state index in [4.69, 9.17) is 19.9 Å². The molecule has 0 aliphatic carbocycles. The summed E-state index contributed by atoms with van der Waals surface area (Å²) in [4.78, 5) is 27.3. The number of carbonyl (C=O) groups excluding carboxylic acids is 2. The molecule has 0 saturated carbocycles. The van der Waals surface area contributed by atoms with Gasteiger partial charge in [0.05, 0.1) is 48.6 Å². The lowest BCUT2D eigenvalue weighted by atomic mass is 9.81. The van der Waals surface area contributed by atoms with Crippen LogP contribution in [0, 0.1) is 28.8 Å². The molecule has 44 heavy (non-hydrogen) atoms. The number of hydrogen-bond acceptors (Lipinski definition) is 8. The zero-order valence-corrected chi connectivity index (χ0v) is 24.0. The third-order valence-corrected chi connectivity index (χ3v) is 6.83. The monoisotopic (exact) mass is 681 g/mol. The molecule has 8 nitrogen and oxygen atoms in total. The van der Waals surface area contributed by atoms with Crippen molar-refractivity contribution in [2.45, 2.75) is 12.1 Å². The Balaban J connectivity index is 2.06. The van der Waals surface area contributed by atoms with Gasteiger partial charge in [-0.15, -0.1) is 0 Å². The summed E-state index contributed by atoms with van der Waals surface area (Å²) in [5.74, 6) is -11.7. The van der Waals surface area contributed by atoms with E-state index in [0.717, 1.165) is 26.4 Å². The lowest BCUT2D eigenvalue weighted by Gasteiger charge is -2.36. The molecule has 1 aliphatic heterocycles. The minimum atomic E-state index is -5.12. The van der Waals surface area contributed by atoms with Crippen molar-refractivity contribution in [2.75, 3.05) is 19.1 Å². The highest BCUT2D eigenvalue weighted by atomic mass is 79.9. The molecule has 0 amide bonds. The number of ether oxygens (including phenoxy) is 3.